The highest BCUT2D eigenvalue weighted by molar-refractivity contribution is 6.31. The molecule has 0 atom stereocenters. The molecule has 1 aromatic rings. The lowest BCUT2D eigenvalue weighted by atomic mass is 10.1. The molecule has 0 amide bonds. The van der Waals surface area contributed by atoms with Gasteiger partial charge in [-0.05, 0) is 6.07 Å². The second kappa shape index (κ2) is 4.86. The molecule has 0 saturated heterocycles. The lowest BCUT2D eigenvalue weighted by molar-refractivity contribution is -0.136. The summed E-state index contributed by atoms with van der Waals surface area (Å²) in [5.74, 6) is -1.32. The van der Waals surface area contributed by atoms with Crippen LogP contribution in [0.25, 0.3) is 0 Å². The summed E-state index contributed by atoms with van der Waals surface area (Å²) in [5, 5.41) is 16.7. The summed E-state index contributed by atoms with van der Waals surface area (Å²) < 4.78 is 25.1. The van der Waals surface area contributed by atoms with Crippen LogP contribution in [0, 0.1) is 11.3 Å². The van der Waals surface area contributed by atoms with E-state index in [1.54, 1.807) is 6.07 Å². The molecule has 0 aliphatic carbocycles. The summed E-state index contributed by atoms with van der Waals surface area (Å²) in [7, 11) is 0. The Labute approximate surface area is 94.1 Å². The van der Waals surface area contributed by atoms with Crippen LogP contribution in [0.1, 0.15) is 23.4 Å². The van der Waals surface area contributed by atoms with Gasteiger partial charge in [0.2, 0.25) is 0 Å². The molecular weight excluding hydrogens is 242 g/mol. The van der Waals surface area contributed by atoms with E-state index in [2.05, 4.69) is 4.98 Å². The van der Waals surface area contributed by atoms with Gasteiger partial charge in [0.05, 0.1) is 22.7 Å². The fraction of sp³-hybridized carbons (Fsp3) is 0.222. The molecule has 0 bridgehead atoms. The van der Waals surface area contributed by atoms with E-state index in [1.807, 2.05) is 0 Å². The summed E-state index contributed by atoms with van der Waals surface area (Å²) in [6.45, 7) is 0. The summed E-state index contributed by atoms with van der Waals surface area (Å²) in [6, 6.07) is 2.59. The minimum atomic E-state index is -2.93. The Kier molecular flexibility index (Phi) is 3.74. The molecule has 1 heterocycles. The van der Waals surface area contributed by atoms with Crippen LogP contribution in [-0.4, -0.2) is 16.1 Å². The van der Waals surface area contributed by atoms with Crippen LogP contribution in [0.5, 0.6) is 0 Å². The molecule has 1 rings (SSSR count). The molecule has 4 nitrogen and oxygen atoms in total. The van der Waals surface area contributed by atoms with Crippen molar-refractivity contribution >= 4 is 17.6 Å². The standard InChI is InChI=1S/C9H5ClF2N2O2/c10-5-1-4(3-13)14-6(2-7(15)16)8(5)9(11)12/h1,9H,2H2,(H,15,16). The van der Waals surface area contributed by atoms with E-state index in [1.165, 1.54) is 0 Å². The van der Waals surface area contributed by atoms with Gasteiger partial charge >= 0.3 is 5.97 Å². The molecule has 1 aromatic heterocycles. The Morgan fingerprint density at radius 2 is 2.31 bits per heavy atom. The summed E-state index contributed by atoms with van der Waals surface area (Å²) in [5.41, 5.74) is -1.21. The largest absolute Gasteiger partial charge is 0.481 e. The van der Waals surface area contributed by atoms with Crippen molar-refractivity contribution in [2.24, 2.45) is 0 Å². The van der Waals surface area contributed by atoms with Crippen LogP contribution in [0.15, 0.2) is 6.07 Å². The smallest absolute Gasteiger partial charge is 0.309 e. The van der Waals surface area contributed by atoms with Crippen LogP contribution in [0.4, 0.5) is 8.78 Å². The zero-order chi connectivity index (χ0) is 12.3. The summed E-state index contributed by atoms with van der Waals surface area (Å²) >= 11 is 5.53. The SMILES string of the molecule is N#Cc1cc(Cl)c(C(F)F)c(CC(=O)O)n1. The number of hydrogen-bond donors (Lipinski definition) is 1. The molecule has 0 fully saturated rings. The van der Waals surface area contributed by atoms with E-state index in [4.69, 9.17) is 22.0 Å². The third kappa shape index (κ3) is 2.64. The molecule has 0 aliphatic rings. The van der Waals surface area contributed by atoms with Gasteiger partial charge in [-0.15, -0.1) is 0 Å². The van der Waals surface area contributed by atoms with E-state index in [-0.39, 0.29) is 16.4 Å². The first-order valence-electron chi connectivity index (χ1n) is 4.05. The molecule has 0 saturated carbocycles. The van der Waals surface area contributed by atoms with Gasteiger partial charge in [-0.2, -0.15) is 5.26 Å². The number of alkyl halides is 2. The average molecular weight is 247 g/mol. The normalized spacial score (nSPS) is 10.2. The van der Waals surface area contributed by atoms with Gasteiger partial charge in [-0.25, -0.2) is 13.8 Å². The molecule has 0 aromatic carbocycles. The third-order valence-electron chi connectivity index (χ3n) is 1.74. The zero-order valence-electron chi connectivity index (χ0n) is 7.75. The number of carboxylic acids is 1. The first kappa shape index (κ1) is 12.3. The number of halogens is 3. The van der Waals surface area contributed by atoms with Gasteiger partial charge in [-0.3, -0.25) is 4.79 Å². The highest BCUT2D eigenvalue weighted by atomic mass is 35.5. The van der Waals surface area contributed by atoms with Gasteiger partial charge in [0, 0.05) is 0 Å². The first-order chi connectivity index (χ1) is 7.45. The predicted molar refractivity (Wildman–Crippen MR) is 50.3 cm³/mol. The molecule has 16 heavy (non-hydrogen) atoms. The van der Waals surface area contributed by atoms with Crippen molar-refractivity contribution in [1.29, 1.82) is 5.26 Å². The second-order valence-corrected chi connectivity index (χ2v) is 3.24. The van der Waals surface area contributed by atoms with Crippen LogP contribution in [0.2, 0.25) is 5.02 Å². The fourth-order valence-electron chi connectivity index (χ4n) is 1.14. The maximum Gasteiger partial charge on any atom is 0.309 e. The summed E-state index contributed by atoms with van der Waals surface area (Å²) in [4.78, 5) is 14.0. The first-order valence-corrected chi connectivity index (χ1v) is 4.43. The number of carboxylic acid groups (broad SMARTS) is 1. The van der Waals surface area contributed by atoms with Crippen molar-refractivity contribution in [1.82, 2.24) is 4.98 Å². The molecule has 7 heteroatoms. The number of aliphatic carboxylic acids is 1. The highest BCUT2D eigenvalue weighted by Crippen LogP contribution is 2.30. The number of rotatable bonds is 3. The highest BCUT2D eigenvalue weighted by Gasteiger charge is 2.21. The molecule has 0 spiro atoms. The zero-order valence-corrected chi connectivity index (χ0v) is 8.50. The lowest BCUT2D eigenvalue weighted by Gasteiger charge is -2.08. The molecule has 0 unspecified atom stereocenters. The second-order valence-electron chi connectivity index (χ2n) is 2.83. The number of aromatic nitrogens is 1. The van der Waals surface area contributed by atoms with E-state index < -0.39 is 24.4 Å². The summed E-state index contributed by atoms with van der Waals surface area (Å²) in [6.07, 6.45) is -3.63. The fourth-order valence-corrected chi connectivity index (χ4v) is 1.43. The van der Waals surface area contributed by atoms with Crippen LogP contribution < -0.4 is 0 Å². The van der Waals surface area contributed by atoms with Crippen molar-refractivity contribution < 1.29 is 18.7 Å². The van der Waals surface area contributed by atoms with Gasteiger partial charge in [-0.1, -0.05) is 11.6 Å². The van der Waals surface area contributed by atoms with E-state index in [0.29, 0.717) is 0 Å². The molecular formula is C9H5ClF2N2O2. The van der Waals surface area contributed by atoms with E-state index >= 15 is 0 Å². The Hall–Kier alpha value is -1.74. The predicted octanol–water partition coefficient (Wildman–Crippen LogP) is 2.17. The van der Waals surface area contributed by atoms with E-state index in [0.717, 1.165) is 6.07 Å². The minimum absolute atomic E-state index is 0.189. The Balaban J connectivity index is 3.35. The van der Waals surface area contributed by atoms with Crippen molar-refractivity contribution in [2.75, 3.05) is 0 Å². The quantitative estimate of drug-likeness (QED) is 0.887. The van der Waals surface area contributed by atoms with E-state index in [9.17, 15) is 13.6 Å². The van der Waals surface area contributed by atoms with Crippen molar-refractivity contribution in [3.63, 3.8) is 0 Å². The molecule has 1 N–H and O–H groups in total. The topological polar surface area (TPSA) is 74.0 Å². The van der Waals surface area contributed by atoms with Gasteiger partial charge in [0.1, 0.15) is 11.8 Å². The van der Waals surface area contributed by atoms with Crippen molar-refractivity contribution in [2.45, 2.75) is 12.8 Å². The Bertz CT molecular complexity index is 471. The molecule has 0 aliphatic heterocycles. The van der Waals surface area contributed by atoms with Crippen LogP contribution in [0.3, 0.4) is 0 Å². The van der Waals surface area contributed by atoms with Gasteiger partial charge in [0.25, 0.3) is 6.43 Å². The van der Waals surface area contributed by atoms with Crippen molar-refractivity contribution in [3.05, 3.63) is 28.0 Å². The van der Waals surface area contributed by atoms with Gasteiger partial charge < -0.3 is 5.11 Å². The third-order valence-corrected chi connectivity index (χ3v) is 2.05. The van der Waals surface area contributed by atoms with Crippen molar-refractivity contribution in [3.8, 4) is 6.07 Å². The van der Waals surface area contributed by atoms with Crippen LogP contribution >= 0.6 is 11.6 Å². The number of nitrogens with zero attached hydrogens (tertiary/aromatic N) is 2. The van der Waals surface area contributed by atoms with Gasteiger partial charge in [0.15, 0.2) is 0 Å². The minimum Gasteiger partial charge on any atom is -0.481 e. The molecule has 84 valence electrons. The number of carbonyl (C=O) groups is 1. The maximum atomic E-state index is 12.6. The maximum absolute atomic E-state index is 12.6. The number of hydrogen-bond acceptors (Lipinski definition) is 3. The Morgan fingerprint density at radius 1 is 1.69 bits per heavy atom. The number of nitriles is 1. The monoisotopic (exact) mass is 246 g/mol. The Morgan fingerprint density at radius 3 is 2.75 bits per heavy atom. The van der Waals surface area contributed by atoms with Crippen LogP contribution in [-0.2, 0) is 11.2 Å². The number of pyridine rings is 1. The lowest BCUT2D eigenvalue weighted by Crippen LogP contribution is -2.08. The molecule has 0 radical (unpaired) electrons. The average Bonchev–Trinajstić information content (AvgIpc) is 2.14.